The van der Waals surface area contributed by atoms with Gasteiger partial charge in [0.1, 0.15) is 28.4 Å². The number of hydrogen-bond acceptors (Lipinski definition) is 5. The quantitative estimate of drug-likeness (QED) is 0.428. The van der Waals surface area contributed by atoms with Crippen molar-refractivity contribution in [2.24, 2.45) is 0 Å². The molecule has 29 heavy (non-hydrogen) atoms. The lowest BCUT2D eigenvalue weighted by Gasteiger charge is -2.10. The second-order valence-corrected chi connectivity index (χ2v) is 8.95. The summed E-state index contributed by atoms with van der Waals surface area (Å²) in [7, 11) is -3.71. The highest BCUT2D eigenvalue weighted by molar-refractivity contribution is 7.90. The molecule has 0 unspecified atom stereocenters. The molecule has 4 rings (SSSR count). The van der Waals surface area contributed by atoms with E-state index in [0.29, 0.717) is 16.3 Å². The van der Waals surface area contributed by atoms with Crippen LogP contribution in [0.2, 0.25) is 10.0 Å². The molecule has 0 spiro atoms. The fourth-order valence-corrected chi connectivity index (χ4v) is 4.63. The maximum Gasteiger partial charge on any atom is 0.185 e. The number of halogens is 3. The summed E-state index contributed by atoms with van der Waals surface area (Å²) in [6.45, 7) is 0. The lowest BCUT2D eigenvalue weighted by Crippen LogP contribution is -2.07. The van der Waals surface area contributed by atoms with Crippen molar-refractivity contribution in [2.45, 2.75) is 10.6 Å². The molecule has 4 aromatic rings. The fourth-order valence-electron chi connectivity index (χ4n) is 2.77. The molecule has 0 radical (unpaired) electrons. The Bertz CT molecular complexity index is 1290. The van der Waals surface area contributed by atoms with Crippen LogP contribution >= 0.6 is 23.2 Å². The molecule has 2 aromatic carbocycles. The van der Waals surface area contributed by atoms with E-state index in [0.717, 1.165) is 12.3 Å². The Kier molecular flexibility index (Phi) is 5.16. The van der Waals surface area contributed by atoms with Crippen LogP contribution < -0.4 is 0 Å². The highest BCUT2D eigenvalue weighted by atomic mass is 35.5. The van der Waals surface area contributed by atoms with Crippen LogP contribution in [0.5, 0.6) is 0 Å². The zero-order valence-electron chi connectivity index (χ0n) is 14.6. The largest absolute Gasteiger partial charge is 0.471 e. The van der Waals surface area contributed by atoms with Crippen molar-refractivity contribution in [1.82, 2.24) is 15.0 Å². The minimum Gasteiger partial charge on any atom is -0.471 e. The Balaban J connectivity index is 1.73. The standard InChI is InChI=1S/C19H12Cl2FN3O3S/c20-14-3-1-2-12(8-14)17-9-25(24-23-17)19-16(22)5-4-13(18(19)21)11-29(26,27)15-6-7-28-10-15/h1-10H,11H2. The first-order valence-electron chi connectivity index (χ1n) is 8.25. The molecule has 0 saturated carbocycles. The van der Waals surface area contributed by atoms with Crippen LogP contribution in [-0.2, 0) is 15.6 Å². The maximum absolute atomic E-state index is 14.5. The van der Waals surface area contributed by atoms with E-state index in [1.54, 1.807) is 24.3 Å². The van der Waals surface area contributed by atoms with E-state index in [2.05, 4.69) is 10.3 Å². The van der Waals surface area contributed by atoms with Crippen LogP contribution in [0.3, 0.4) is 0 Å². The second-order valence-electron chi connectivity index (χ2n) is 6.15. The van der Waals surface area contributed by atoms with Gasteiger partial charge in [0, 0.05) is 10.6 Å². The molecule has 0 N–H and O–H groups in total. The number of benzene rings is 2. The van der Waals surface area contributed by atoms with E-state index >= 15 is 0 Å². The van der Waals surface area contributed by atoms with Crippen LogP contribution in [0.15, 0.2) is 70.5 Å². The lowest BCUT2D eigenvalue weighted by molar-refractivity contribution is 0.556. The molecule has 6 nitrogen and oxygen atoms in total. The van der Waals surface area contributed by atoms with Gasteiger partial charge in [-0.3, -0.25) is 0 Å². The van der Waals surface area contributed by atoms with Gasteiger partial charge in [-0.1, -0.05) is 46.6 Å². The molecule has 0 aliphatic heterocycles. The smallest absolute Gasteiger partial charge is 0.185 e. The van der Waals surface area contributed by atoms with Crippen molar-refractivity contribution in [3.05, 3.63) is 82.6 Å². The average Bonchev–Trinajstić information content (AvgIpc) is 3.37. The number of furan rings is 1. The van der Waals surface area contributed by atoms with Gasteiger partial charge in [-0.05, 0) is 29.8 Å². The summed E-state index contributed by atoms with van der Waals surface area (Å²) in [6, 6.07) is 10.8. The van der Waals surface area contributed by atoms with Gasteiger partial charge in [0.15, 0.2) is 9.84 Å². The average molecular weight is 452 g/mol. The Morgan fingerprint density at radius 3 is 2.69 bits per heavy atom. The number of sulfone groups is 1. The Labute approximate surface area is 175 Å². The molecule has 148 valence electrons. The van der Waals surface area contributed by atoms with E-state index in [1.807, 2.05) is 0 Å². The molecule has 0 amide bonds. The second kappa shape index (κ2) is 7.62. The summed E-state index contributed by atoms with van der Waals surface area (Å²) in [4.78, 5) is 0.0171. The zero-order valence-corrected chi connectivity index (χ0v) is 16.9. The van der Waals surface area contributed by atoms with Gasteiger partial charge < -0.3 is 4.42 Å². The predicted molar refractivity (Wildman–Crippen MR) is 106 cm³/mol. The maximum atomic E-state index is 14.5. The molecule has 2 heterocycles. The summed E-state index contributed by atoms with van der Waals surface area (Å²) in [6.07, 6.45) is 3.88. The van der Waals surface area contributed by atoms with Gasteiger partial charge in [-0.15, -0.1) is 5.10 Å². The van der Waals surface area contributed by atoms with Crippen LogP contribution in [-0.4, -0.2) is 23.4 Å². The monoisotopic (exact) mass is 451 g/mol. The summed E-state index contributed by atoms with van der Waals surface area (Å²) in [5, 5.41) is 8.42. The highest BCUT2D eigenvalue weighted by Gasteiger charge is 2.22. The van der Waals surface area contributed by atoms with Crippen LogP contribution in [0.4, 0.5) is 4.39 Å². The van der Waals surface area contributed by atoms with Crippen molar-refractivity contribution in [2.75, 3.05) is 0 Å². The first-order valence-corrected chi connectivity index (χ1v) is 10.7. The Morgan fingerprint density at radius 2 is 1.97 bits per heavy atom. The third kappa shape index (κ3) is 3.91. The molecular weight excluding hydrogens is 440 g/mol. The molecular formula is C19H12Cl2FN3O3S. The van der Waals surface area contributed by atoms with Crippen LogP contribution in [0.1, 0.15) is 5.56 Å². The van der Waals surface area contributed by atoms with Crippen molar-refractivity contribution >= 4 is 33.0 Å². The molecule has 10 heteroatoms. The van der Waals surface area contributed by atoms with Crippen LogP contribution in [0.25, 0.3) is 16.9 Å². The van der Waals surface area contributed by atoms with Gasteiger partial charge >= 0.3 is 0 Å². The number of aromatic nitrogens is 3. The van der Waals surface area contributed by atoms with Gasteiger partial charge in [-0.2, -0.15) is 0 Å². The lowest BCUT2D eigenvalue weighted by atomic mass is 10.2. The molecule has 0 fully saturated rings. The summed E-state index contributed by atoms with van der Waals surface area (Å²) >= 11 is 12.4. The van der Waals surface area contributed by atoms with Gasteiger partial charge in [0.2, 0.25) is 0 Å². The number of nitrogens with zero attached hydrogens (tertiary/aromatic N) is 3. The normalized spacial score (nSPS) is 11.7. The molecule has 0 atom stereocenters. The van der Waals surface area contributed by atoms with E-state index in [-0.39, 0.29) is 21.2 Å². The number of hydrogen-bond donors (Lipinski definition) is 0. The molecule has 2 aromatic heterocycles. The third-order valence-corrected chi connectivity index (χ3v) is 6.49. The number of rotatable bonds is 5. The first kappa shape index (κ1) is 19.6. The summed E-state index contributed by atoms with van der Waals surface area (Å²) in [5.41, 5.74) is 1.29. The van der Waals surface area contributed by atoms with Crippen molar-refractivity contribution in [1.29, 1.82) is 0 Å². The third-order valence-electron chi connectivity index (χ3n) is 4.19. The van der Waals surface area contributed by atoms with E-state index in [9.17, 15) is 12.8 Å². The summed E-state index contributed by atoms with van der Waals surface area (Å²) < 4.78 is 45.6. The van der Waals surface area contributed by atoms with Crippen LogP contribution in [0, 0.1) is 5.82 Å². The van der Waals surface area contributed by atoms with Crippen molar-refractivity contribution in [3.63, 3.8) is 0 Å². The van der Waals surface area contributed by atoms with E-state index < -0.39 is 21.4 Å². The summed E-state index contributed by atoms with van der Waals surface area (Å²) in [5.74, 6) is -1.09. The van der Waals surface area contributed by atoms with Gasteiger partial charge in [-0.25, -0.2) is 17.5 Å². The van der Waals surface area contributed by atoms with E-state index in [1.165, 1.54) is 29.3 Å². The van der Waals surface area contributed by atoms with Crippen molar-refractivity contribution < 1.29 is 17.2 Å². The van der Waals surface area contributed by atoms with Gasteiger partial charge in [0.25, 0.3) is 0 Å². The SMILES string of the molecule is O=S(=O)(Cc1ccc(F)c(-n2cc(-c3cccc(Cl)c3)nn2)c1Cl)c1ccoc1. The molecule has 0 aliphatic rings. The first-order chi connectivity index (χ1) is 13.8. The topological polar surface area (TPSA) is 78.0 Å². The zero-order chi connectivity index (χ0) is 20.6. The van der Waals surface area contributed by atoms with Crippen molar-refractivity contribution in [3.8, 4) is 16.9 Å². The van der Waals surface area contributed by atoms with Gasteiger partial charge in [0.05, 0.1) is 23.2 Å². The highest BCUT2D eigenvalue weighted by Crippen LogP contribution is 2.31. The van der Waals surface area contributed by atoms with E-state index in [4.69, 9.17) is 27.6 Å². The Morgan fingerprint density at radius 1 is 1.14 bits per heavy atom. The fraction of sp³-hybridized carbons (Fsp3) is 0.0526. The molecule has 0 aliphatic carbocycles. The molecule has 0 saturated heterocycles. The minimum absolute atomic E-state index is 0.0171. The Hall–Kier alpha value is -2.68. The molecule has 0 bridgehead atoms. The predicted octanol–water partition coefficient (Wildman–Crippen LogP) is 4.95. The minimum atomic E-state index is -3.71.